The second-order valence-corrected chi connectivity index (χ2v) is 29.9. The van der Waals surface area contributed by atoms with Crippen LogP contribution >= 0.6 is 0 Å². The molecular weight excluding hydrogens is 1250 g/mol. The van der Waals surface area contributed by atoms with Crippen LogP contribution in [0.2, 0.25) is 0 Å². The van der Waals surface area contributed by atoms with Crippen LogP contribution in [0, 0.1) is 52.3 Å². The molecule has 12 fully saturated rings. The Labute approximate surface area is 544 Å². The summed E-state index contributed by atoms with van der Waals surface area (Å²) in [7, 11) is 0. The van der Waals surface area contributed by atoms with E-state index in [-0.39, 0.29) is 22.9 Å². The van der Waals surface area contributed by atoms with Crippen LogP contribution in [0.5, 0.6) is 0 Å². The van der Waals surface area contributed by atoms with Crippen molar-refractivity contribution in [2.75, 3.05) is 33.0 Å². The first-order chi connectivity index (χ1) is 44.6. The van der Waals surface area contributed by atoms with Gasteiger partial charge in [0.05, 0.1) is 57.5 Å². The number of rotatable bonds is 16. The molecule has 17 N–H and O–H groups in total. The molecule has 8 saturated heterocycles. The fraction of sp³-hybridized carbons (Fsp3) is 1.00. The van der Waals surface area contributed by atoms with Gasteiger partial charge in [0.15, 0.2) is 43.5 Å². The summed E-state index contributed by atoms with van der Waals surface area (Å²) in [6, 6.07) is 0. The molecule has 0 aromatic carbocycles. The van der Waals surface area contributed by atoms with Crippen molar-refractivity contribution in [3.05, 3.63) is 0 Å². The molecule has 31 nitrogen and oxygen atoms in total. The Kier molecular flexibility index (Phi) is 22.0. The second kappa shape index (κ2) is 28.5. The minimum Gasteiger partial charge on any atom is -0.394 e. The SMILES string of the molecule is CC1CCC2(OC1)OC1CC3C4CCC5CC(OC6OC(CO)C(OC7OC(CO)C(O)C(OC8OC(CO)C(OC9OC(C)C(O)C(O)C9O)C(O)C8O)C7OC7OC(CO)C(O)C(OC8OC(C)C(O)C(O)C8O)C7O)C(O)C6O)CCC5(C)C4CCC3(C)C1C2C. The fourth-order valence-corrected chi connectivity index (χ4v) is 19.0. The van der Waals surface area contributed by atoms with Crippen LogP contribution in [0.15, 0.2) is 0 Å². The number of fused-ring (bicyclic) bond motifs is 7. The second-order valence-electron chi connectivity index (χ2n) is 29.9. The molecule has 42 atom stereocenters. The lowest BCUT2D eigenvalue weighted by Gasteiger charge is -2.61. The highest BCUT2D eigenvalue weighted by Crippen LogP contribution is 2.71. The Morgan fingerprint density at radius 2 is 0.851 bits per heavy atom. The highest BCUT2D eigenvalue weighted by atomic mass is 16.8. The molecule has 1 spiro atoms. The quantitative estimate of drug-likeness (QED) is 0.0642. The zero-order valence-corrected chi connectivity index (χ0v) is 53.9. The van der Waals surface area contributed by atoms with Gasteiger partial charge in [-0.15, -0.1) is 0 Å². The van der Waals surface area contributed by atoms with Crippen LogP contribution in [0.3, 0.4) is 0 Å². The molecule has 0 bridgehead atoms. The van der Waals surface area contributed by atoms with Gasteiger partial charge in [-0.25, -0.2) is 0 Å². The van der Waals surface area contributed by atoms with Gasteiger partial charge >= 0.3 is 0 Å². The van der Waals surface area contributed by atoms with E-state index in [1.807, 2.05) is 0 Å². The molecule has 4 aliphatic carbocycles. The topological polar surface area (TPSA) is 473 Å². The fourth-order valence-electron chi connectivity index (χ4n) is 19.0. The minimum atomic E-state index is -2.22. The van der Waals surface area contributed by atoms with Crippen molar-refractivity contribution < 1.29 is 153 Å². The van der Waals surface area contributed by atoms with Gasteiger partial charge in [-0.2, -0.15) is 0 Å². The van der Waals surface area contributed by atoms with Crippen LogP contribution in [0.25, 0.3) is 0 Å². The molecule has 42 unspecified atom stereocenters. The van der Waals surface area contributed by atoms with Gasteiger partial charge in [0.1, 0.15) is 134 Å². The Hall–Kier alpha value is -1.24. The van der Waals surface area contributed by atoms with Gasteiger partial charge in [0.25, 0.3) is 0 Å². The van der Waals surface area contributed by atoms with E-state index < -0.39 is 223 Å². The minimum absolute atomic E-state index is 0.0178. The van der Waals surface area contributed by atoms with Crippen molar-refractivity contribution in [3.8, 4) is 0 Å². The Bertz CT molecular complexity index is 2490. The number of hydrogen-bond acceptors (Lipinski definition) is 31. The van der Waals surface area contributed by atoms with Gasteiger partial charge in [-0.05, 0) is 118 Å². The number of aliphatic hydroxyl groups is 17. The van der Waals surface area contributed by atoms with Gasteiger partial charge in [0, 0.05) is 12.3 Å². The van der Waals surface area contributed by atoms with E-state index in [0.717, 1.165) is 58.0 Å². The Balaban J connectivity index is 0.760. The van der Waals surface area contributed by atoms with E-state index in [9.17, 15) is 86.8 Å². The van der Waals surface area contributed by atoms with Gasteiger partial charge in [-0.3, -0.25) is 0 Å². The number of ether oxygens (including phenoxy) is 14. The first-order valence-electron chi connectivity index (χ1n) is 34.1. The molecule has 94 heavy (non-hydrogen) atoms. The molecule has 0 aromatic heterocycles. The summed E-state index contributed by atoms with van der Waals surface area (Å²) in [5, 5.41) is 189. The molecule has 31 heteroatoms. The highest BCUT2D eigenvalue weighted by molar-refractivity contribution is 5.16. The lowest BCUT2D eigenvalue weighted by molar-refractivity contribution is -0.414. The standard InChI is InChI=1S/C63H104O31/c1-22-9-14-63(81-21-22)23(2)36-31(94-63)16-30-28-8-7-26-15-27(10-12-61(26,5)29(28)11-13-62(30,36)6)84-57-47(78)43(74)51(35(20-67)87-57)90-60-54(93-59-49(80)52(39(70)32(17-64)85-59)91-56-46(77)42(73)38(69)25(4)83-56)53(40(71)33(18-65)86-60)92-58-48(79)44(75)50(34(19-66)88-58)89-55-45(76)41(72)37(68)24(3)82-55/h22-60,64-80H,7-21H2,1-6H3. The lowest BCUT2D eigenvalue weighted by atomic mass is 9.44. The predicted molar refractivity (Wildman–Crippen MR) is 311 cm³/mol. The first-order valence-corrected chi connectivity index (χ1v) is 34.1. The van der Waals surface area contributed by atoms with Crippen molar-refractivity contribution in [1.29, 1.82) is 0 Å². The maximum Gasteiger partial charge on any atom is 0.187 e. The van der Waals surface area contributed by atoms with Crippen molar-refractivity contribution in [2.24, 2.45) is 52.3 Å². The largest absolute Gasteiger partial charge is 0.394 e. The molecule has 542 valence electrons. The zero-order valence-electron chi connectivity index (χ0n) is 53.9. The maximum absolute atomic E-state index is 12.2. The van der Waals surface area contributed by atoms with Crippen LogP contribution in [-0.2, 0) is 66.3 Å². The van der Waals surface area contributed by atoms with E-state index in [4.69, 9.17) is 66.3 Å². The Morgan fingerprint density at radius 1 is 0.383 bits per heavy atom. The van der Waals surface area contributed by atoms with Crippen molar-refractivity contribution in [3.63, 3.8) is 0 Å². The van der Waals surface area contributed by atoms with Gasteiger partial charge in [0.2, 0.25) is 0 Å². The monoisotopic (exact) mass is 1360 g/mol. The van der Waals surface area contributed by atoms with E-state index in [1.54, 1.807) is 0 Å². The predicted octanol–water partition coefficient (Wildman–Crippen LogP) is -5.21. The first kappa shape index (κ1) is 72.5. The van der Waals surface area contributed by atoms with Crippen molar-refractivity contribution in [1.82, 2.24) is 0 Å². The van der Waals surface area contributed by atoms with E-state index in [2.05, 4.69) is 27.7 Å². The molecular formula is C63H104O31. The molecule has 8 heterocycles. The normalized spacial score (nSPS) is 57.8. The zero-order chi connectivity index (χ0) is 67.5. The third-order valence-corrected chi connectivity index (χ3v) is 24.5. The highest BCUT2D eigenvalue weighted by Gasteiger charge is 2.70. The van der Waals surface area contributed by atoms with Crippen LogP contribution in [-0.4, -0.2) is 322 Å². The third kappa shape index (κ3) is 12.8. The summed E-state index contributed by atoms with van der Waals surface area (Å²) in [5.41, 5.74) is 0.166. The van der Waals surface area contributed by atoms with Crippen LogP contribution in [0.4, 0.5) is 0 Å². The summed E-state index contributed by atoms with van der Waals surface area (Å²) in [6.45, 7) is 9.08. The molecule has 12 aliphatic rings. The van der Waals surface area contributed by atoms with E-state index in [1.165, 1.54) is 13.8 Å². The Morgan fingerprint density at radius 3 is 1.41 bits per heavy atom. The number of aliphatic hydroxyl groups excluding tert-OH is 17. The van der Waals surface area contributed by atoms with Gasteiger partial charge in [-0.1, -0.05) is 27.7 Å². The van der Waals surface area contributed by atoms with Crippen molar-refractivity contribution in [2.45, 2.75) is 308 Å². The third-order valence-electron chi connectivity index (χ3n) is 24.5. The summed E-state index contributed by atoms with van der Waals surface area (Å²) in [6.07, 6.45) is -46.0. The summed E-state index contributed by atoms with van der Waals surface area (Å²) in [4.78, 5) is 0. The summed E-state index contributed by atoms with van der Waals surface area (Å²) in [5.74, 6) is 2.65. The average Bonchev–Trinajstić information content (AvgIpc) is 1.50. The molecule has 0 aromatic rings. The molecule has 12 rings (SSSR count). The van der Waals surface area contributed by atoms with E-state index >= 15 is 0 Å². The van der Waals surface area contributed by atoms with Crippen LogP contribution in [0.1, 0.15) is 106 Å². The number of hydrogen-bond donors (Lipinski definition) is 17. The summed E-state index contributed by atoms with van der Waals surface area (Å²) < 4.78 is 86.0. The van der Waals surface area contributed by atoms with E-state index in [0.29, 0.717) is 48.3 Å². The maximum atomic E-state index is 12.2. The molecule has 0 amide bonds. The van der Waals surface area contributed by atoms with Gasteiger partial charge < -0.3 is 153 Å². The lowest BCUT2D eigenvalue weighted by Crippen LogP contribution is -2.69. The smallest absolute Gasteiger partial charge is 0.187 e. The average molecular weight is 1360 g/mol. The molecule has 4 saturated carbocycles. The van der Waals surface area contributed by atoms with Crippen molar-refractivity contribution >= 4 is 0 Å². The summed E-state index contributed by atoms with van der Waals surface area (Å²) >= 11 is 0. The molecule has 0 radical (unpaired) electrons. The van der Waals surface area contributed by atoms with Crippen LogP contribution < -0.4 is 0 Å². The molecule has 8 aliphatic heterocycles.